The fourth-order valence-electron chi connectivity index (χ4n) is 1.96. The number of methoxy groups -OCH3 is 1. The summed E-state index contributed by atoms with van der Waals surface area (Å²) < 4.78 is 5.20. The van der Waals surface area contributed by atoms with Crippen LogP contribution >= 0.6 is 11.6 Å². The molecule has 0 unspecified atom stereocenters. The molecule has 2 aromatic rings. The predicted molar refractivity (Wildman–Crippen MR) is 93.6 cm³/mol. The van der Waals surface area contributed by atoms with E-state index in [4.69, 9.17) is 16.3 Å². The zero-order valence-electron chi connectivity index (χ0n) is 13.0. The van der Waals surface area contributed by atoms with Crippen molar-refractivity contribution in [3.05, 3.63) is 70.9 Å². The number of rotatable bonds is 6. The Morgan fingerprint density at radius 1 is 1.29 bits per heavy atom. The lowest BCUT2D eigenvalue weighted by Crippen LogP contribution is -2.24. The van der Waals surface area contributed by atoms with Gasteiger partial charge in [0.25, 0.3) is 5.91 Å². The van der Waals surface area contributed by atoms with E-state index in [2.05, 4.69) is 10.6 Å². The van der Waals surface area contributed by atoms with Crippen LogP contribution in [0.3, 0.4) is 0 Å². The Hall–Kier alpha value is -2.97. The topological polar surface area (TPSA) is 74.1 Å². The summed E-state index contributed by atoms with van der Waals surface area (Å²) in [5, 5.41) is 15.3. The summed E-state index contributed by atoms with van der Waals surface area (Å²) >= 11 is 5.94. The highest BCUT2D eigenvalue weighted by atomic mass is 35.5. The molecule has 0 spiro atoms. The smallest absolute Gasteiger partial charge is 0.263 e. The summed E-state index contributed by atoms with van der Waals surface area (Å²) in [7, 11) is 1.52. The van der Waals surface area contributed by atoms with E-state index in [9.17, 15) is 10.1 Å². The maximum atomic E-state index is 12.1. The molecule has 0 aliphatic heterocycles. The fraction of sp³-hybridized carbons (Fsp3) is 0.111. The van der Waals surface area contributed by atoms with Gasteiger partial charge in [0.2, 0.25) is 0 Å². The van der Waals surface area contributed by atoms with Crippen LogP contribution in [0.5, 0.6) is 5.75 Å². The van der Waals surface area contributed by atoms with Crippen LogP contribution in [0.2, 0.25) is 5.02 Å². The summed E-state index contributed by atoms with van der Waals surface area (Å²) in [4.78, 5) is 12.1. The first kappa shape index (κ1) is 17.4. The fourth-order valence-corrected chi connectivity index (χ4v) is 2.14. The van der Waals surface area contributed by atoms with Crippen molar-refractivity contribution in [1.82, 2.24) is 5.32 Å². The summed E-state index contributed by atoms with van der Waals surface area (Å²) in [5.41, 5.74) is 1.47. The first-order chi connectivity index (χ1) is 11.6. The Morgan fingerprint density at radius 3 is 2.71 bits per heavy atom. The molecule has 2 rings (SSSR count). The van der Waals surface area contributed by atoms with Crippen LogP contribution in [0.1, 0.15) is 5.56 Å². The number of nitrogens with one attached hydrogen (secondary N) is 2. The standard InChI is InChI=1S/C18H16ClN3O2/c1-24-17-8-7-15(19)9-16(17)21-12-14(10-20)18(23)22-11-13-5-3-2-4-6-13/h2-9,12,21H,11H2,1H3,(H,22,23)/b14-12-. The highest BCUT2D eigenvalue weighted by molar-refractivity contribution is 6.30. The SMILES string of the molecule is COc1ccc(Cl)cc1N/C=C(/C#N)C(=O)NCc1ccccc1. The van der Waals surface area contributed by atoms with E-state index in [1.807, 2.05) is 36.4 Å². The van der Waals surface area contributed by atoms with E-state index in [1.54, 1.807) is 18.2 Å². The lowest BCUT2D eigenvalue weighted by Gasteiger charge is -2.09. The molecule has 0 heterocycles. The van der Waals surface area contributed by atoms with Crippen molar-refractivity contribution in [2.75, 3.05) is 12.4 Å². The van der Waals surface area contributed by atoms with Crippen molar-refractivity contribution < 1.29 is 9.53 Å². The highest BCUT2D eigenvalue weighted by Crippen LogP contribution is 2.27. The number of hydrogen-bond acceptors (Lipinski definition) is 4. The number of benzene rings is 2. The van der Waals surface area contributed by atoms with Crippen molar-refractivity contribution in [2.45, 2.75) is 6.54 Å². The number of ether oxygens (including phenoxy) is 1. The third kappa shape index (κ3) is 4.77. The van der Waals surface area contributed by atoms with Crippen molar-refractivity contribution in [3.63, 3.8) is 0 Å². The van der Waals surface area contributed by atoms with Gasteiger partial charge in [-0.3, -0.25) is 4.79 Å². The van der Waals surface area contributed by atoms with Crippen molar-refractivity contribution >= 4 is 23.2 Å². The summed E-state index contributed by atoms with van der Waals surface area (Å²) in [6, 6.07) is 16.4. The molecule has 0 fully saturated rings. The summed E-state index contributed by atoms with van der Waals surface area (Å²) in [6.45, 7) is 0.346. The van der Waals surface area contributed by atoms with E-state index in [-0.39, 0.29) is 5.57 Å². The van der Waals surface area contributed by atoms with Gasteiger partial charge in [0.05, 0.1) is 12.8 Å². The van der Waals surface area contributed by atoms with Crippen LogP contribution in [0, 0.1) is 11.3 Å². The number of amides is 1. The van der Waals surface area contributed by atoms with Crippen LogP contribution in [0.25, 0.3) is 0 Å². The molecule has 24 heavy (non-hydrogen) atoms. The molecule has 0 saturated heterocycles. The minimum absolute atomic E-state index is 0.0482. The number of nitriles is 1. The lowest BCUT2D eigenvalue weighted by molar-refractivity contribution is -0.117. The van der Waals surface area contributed by atoms with Gasteiger partial charge in [0.15, 0.2) is 0 Å². The molecule has 0 aromatic heterocycles. The number of hydrogen-bond donors (Lipinski definition) is 2. The van der Waals surface area contributed by atoms with E-state index in [1.165, 1.54) is 13.3 Å². The van der Waals surface area contributed by atoms with Crippen LogP contribution in [0.15, 0.2) is 60.3 Å². The molecule has 6 heteroatoms. The molecule has 2 aromatic carbocycles. The van der Waals surface area contributed by atoms with E-state index in [0.29, 0.717) is 23.0 Å². The van der Waals surface area contributed by atoms with Gasteiger partial charge in [-0.25, -0.2) is 0 Å². The average Bonchev–Trinajstić information content (AvgIpc) is 2.61. The van der Waals surface area contributed by atoms with Gasteiger partial charge in [0, 0.05) is 17.8 Å². The first-order valence-corrected chi connectivity index (χ1v) is 7.54. The molecule has 1 amide bonds. The average molecular weight is 342 g/mol. The quantitative estimate of drug-likeness (QED) is 0.623. The Bertz CT molecular complexity index is 783. The number of carbonyl (C=O) groups excluding carboxylic acids is 1. The Kier molecular flexibility index (Phi) is 6.23. The zero-order valence-corrected chi connectivity index (χ0v) is 13.8. The van der Waals surface area contributed by atoms with E-state index >= 15 is 0 Å². The molecular weight excluding hydrogens is 326 g/mol. The molecule has 0 saturated carbocycles. The van der Waals surface area contributed by atoms with Crippen LogP contribution in [0.4, 0.5) is 5.69 Å². The van der Waals surface area contributed by atoms with Gasteiger partial charge in [0.1, 0.15) is 17.4 Å². The monoisotopic (exact) mass is 341 g/mol. The zero-order chi connectivity index (χ0) is 17.4. The molecule has 122 valence electrons. The maximum absolute atomic E-state index is 12.1. The minimum Gasteiger partial charge on any atom is -0.495 e. The second kappa shape index (κ2) is 8.61. The van der Waals surface area contributed by atoms with Crippen molar-refractivity contribution in [3.8, 4) is 11.8 Å². The largest absolute Gasteiger partial charge is 0.495 e. The van der Waals surface area contributed by atoms with Gasteiger partial charge in [-0.2, -0.15) is 5.26 Å². The third-order valence-electron chi connectivity index (χ3n) is 3.19. The maximum Gasteiger partial charge on any atom is 0.263 e. The number of nitrogens with zero attached hydrogens (tertiary/aromatic N) is 1. The molecule has 0 aliphatic carbocycles. The third-order valence-corrected chi connectivity index (χ3v) is 3.43. The van der Waals surface area contributed by atoms with Crippen molar-refractivity contribution in [1.29, 1.82) is 5.26 Å². The van der Waals surface area contributed by atoms with Gasteiger partial charge in [-0.15, -0.1) is 0 Å². The number of halogens is 1. The second-order valence-electron chi connectivity index (χ2n) is 4.83. The van der Waals surface area contributed by atoms with Crippen LogP contribution < -0.4 is 15.4 Å². The molecule has 5 nitrogen and oxygen atoms in total. The summed E-state index contributed by atoms with van der Waals surface area (Å²) in [5.74, 6) is 0.0903. The summed E-state index contributed by atoms with van der Waals surface area (Å²) in [6.07, 6.45) is 1.33. The van der Waals surface area contributed by atoms with Gasteiger partial charge >= 0.3 is 0 Å². The normalized spacial score (nSPS) is 10.6. The van der Waals surface area contributed by atoms with Gasteiger partial charge in [-0.05, 0) is 23.8 Å². The minimum atomic E-state index is -0.463. The Labute approximate surface area is 145 Å². The van der Waals surface area contributed by atoms with Crippen molar-refractivity contribution in [2.24, 2.45) is 0 Å². The Morgan fingerprint density at radius 2 is 2.04 bits per heavy atom. The second-order valence-corrected chi connectivity index (χ2v) is 5.26. The number of anilines is 1. The highest BCUT2D eigenvalue weighted by Gasteiger charge is 2.09. The predicted octanol–water partition coefficient (Wildman–Crippen LogP) is 3.48. The first-order valence-electron chi connectivity index (χ1n) is 7.16. The molecule has 0 aliphatic rings. The van der Waals surface area contributed by atoms with E-state index in [0.717, 1.165) is 5.56 Å². The molecule has 2 N–H and O–H groups in total. The molecular formula is C18H16ClN3O2. The Balaban J connectivity index is 2.05. The van der Waals surface area contributed by atoms with Crippen LogP contribution in [-0.4, -0.2) is 13.0 Å². The molecule has 0 radical (unpaired) electrons. The van der Waals surface area contributed by atoms with Gasteiger partial charge in [-0.1, -0.05) is 41.9 Å². The molecule has 0 bridgehead atoms. The number of carbonyl (C=O) groups is 1. The van der Waals surface area contributed by atoms with Crippen LogP contribution in [-0.2, 0) is 11.3 Å². The van der Waals surface area contributed by atoms with E-state index < -0.39 is 5.91 Å². The lowest BCUT2D eigenvalue weighted by atomic mass is 10.2. The molecule has 0 atom stereocenters. The van der Waals surface area contributed by atoms with Gasteiger partial charge < -0.3 is 15.4 Å².